The second-order valence-corrected chi connectivity index (χ2v) is 14.2. The number of ketones is 1. The Labute approximate surface area is 210 Å². The van der Waals surface area contributed by atoms with Gasteiger partial charge in [0.05, 0.1) is 5.57 Å². The summed E-state index contributed by atoms with van der Waals surface area (Å²) in [6.45, 7) is 13.0. The first-order valence-corrected chi connectivity index (χ1v) is 13.6. The summed E-state index contributed by atoms with van der Waals surface area (Å²) in [6, 6.07) is 2.14. The fourth-order valence-electron chi connectivity index (χ4n) is 9.89. The third kappa shape index (κ3) is 2.83. The molecular weight excluding hydrogens is 438 g/mol. The lowest BCUT2D eigenvalue weighted by Crippen LogP contribution is -2.75. The van der Waals surface area contributed by atoms with Gasteiger partial charge in [0.15, 0.2) is 5.78 Å². The van der Waals surface area contributed by atoms with Crippen LogP contribution in [0.1, 0.15) is 86.5 Å². The Bertz CT molecular complexity index is 1070. The second-order valence-electron chi connectivity index (χ2n) is 14.2. The Morgan fingerprint density at radius 3 is 2.37 bits per heavy atom. The lowest BCUT2D eigenvalue weighted by atomic mass is 9.33. The predicted molar refractivity (Wildman–Crippen MR) is 134 cm³/mol. The molecule has 3 saturated carbocycles. The van der Waals surface area contributed by atoms with Crippen molar-refractivity contribution in [2.45, 2.75) is 98.2 Å². The van der Waals surface area contributed by atoms with E-state index in [0.717, 1.165) is 50.5 Å². The third-order valence-electron chi connectivity index (χ3n) is 12.4. The second kappa shape index (κ2) is 7.30. The molecule has 5 nitrogen and oxygen atoms in total. The Kier molecular flexibility index (Phi) is 5.25. The maximum Gasteiger partial charge on any atom is 0.176 e. The highest BCUT2D eigenvalue weighted by atomic mass is 16.3. The standard InChI is InChI=1S/C30H43NO4/c1-18-20-7-8-27(5)21(26(20,4)14-19(16-31)24(18)34)13-23(33)30(35)22-15-25(2,3)9-11-29(22,17-32)12-10-28(27,30)6/h13-14,18,20,22-23,32-33,35H,7-12,15,17H2,1-6H3/t18-,20-,22?,23+,26-,27+,28-,29+,30+/m0/s1. The fourth-order valence-corrected chi connectivity index (χ4v) is 9.89. The van der Waals surface area contributed by atoms with Crippen LogP contribution in [0.5, 0.6) is 0 Å². The largest absolute Gasteiger partial charge is 0.396 e. The number of aliphatic hydroxyl groups is 3. The van der Waals surface area contributed by atoms with Crippen LogP contribution in [0.2, 0.25) is 0 Å². The summed E-state index contributed by atoms with van der Waals surface area (Å²) in [5.41, 5.74) is -1.90. The van der Waals surface area contributed by atoms with Gasteiger partial charge in [0.25, 0.3) is 0 Å². The van der Waals surface area contributed by atoms with Gasteiger partial charge in [-0.1, -0.05) is 59.3 Å². The van der Waals surface area contributed by atoms with E-state index in [4.69, 9.17) is 0 Å². The molecule has 3 fully saturated rings. The Balaban J connectivity index is 1.72. The Morgan fingerprint density at radius 2 is 1.74 bits per heavy atom. The van der Waals surface area contributed by atoms with Crippen molar-refractivity contribution in [3.63, 3.8) is 0 Å². The van der Waals surface area contributed by atoms with Crippen molar-refractivity contribution in [2.24, 2.45) is 44.8 Å². The molecule has 0 spiro atoms. The molecule has 0 aliphatic heterocycles. The molecular formula is C30H43NO4. The van der Waals surface area contributed by atoms with Crippen molar-refractivity contribution in [1.29, 1.82) is 5.26 Å². The zero-order valence-corrected chi connectivity index (χ0v) is 22.3. The number of hydrogen-bond donors (Lipinski definition) is 3. The maximum absolute atomic E-state index is 12.9. The zero-order valence-electron chi connectivity index (χ0n) is 22.3. The van der Waals surface area contributed by atoms with Gasteiger partial charge >= 0.3 is 0 Å². The highest BCUT2D eigenvalue weighted by Crippen LogP contribution is 2.75. The minimum atomic E-state index is -1.36. The summed E-state index contributed by atoms with van der Waals surface area (Å²) in [4.78, 5) is 12.9. The number of carbonyl (C=O) groups excluding carboxylic acids is 1. The van der Waals surface area contributed by atoms with Crippen molar-refractivity contribution < 1.29 is 20.1 Å². The molecule has 5 heteroatoms. The number of aliphatic hydroxyl groups excluding tert-OH is 2. The molecule has 192 valence electrons. The molecule has 0 aromatic carbocycles. The fraction of sp³-hybridized carbons (Fsp3) is 0.800. The van der Waals surface area contributed by atoms with Gasteiger partial charge < -0.3 is 15.3 Å². The molecule has 9 atom stereocenters. The first-order chi connectivity index (χ1) is 16.2. The van der Waals surface area contributed by atoms with Crippen LogP contribution in [0.15, 0.2) is 23.3 Å². The highest BCUT2D eigenvalue weighted by Gasteiger charge is 2.74. The van der Waals surface area contributed by atoms with Gasteiger partial charge in [-0.3, -0.25) is 4.79 Å². The van der Waals surface area contributed by atoms with E-state index in [2.05, 4.69) is 40.7 Å². The maximum atomic E-state index is 12.9. The van der Waals surface area contributed by atoms with Crippen molar-refractivity contribution in [2.75, 3.05) is 6.61 Å². The van der Waals surface area contributed by atoms with Crippen molar-refractivity contribution in [3.05, 3.63) is 23.3 Å². The molecule has 0 saturated heterocycles. The average Bonchev–Trinajstić information content (AvgIpc) is 2.80. The lowest BCUT2D eigenvalue weighted by molar-refractivity contribution is -0.291. The van der Waals surface area contributed by atoms with E-state index in [1.54, 1.807) is 0 Å². The van der Waals surface area contributed by atoms with Crippen LogP contribution >= 0.6 is 0 Å². The van der Waals surface area contributed by atoms with Crippen LogP contribution in [0.3, 0.4) is 0 Å². The van der Waals surface area contributed by atoms with Crippen LogP contribution in [0, 0.1) is 56.2 Å². The molecule has 5 aliphatic rings. The molecule has 0 amide bonds. The molecule has 0 aromatic heterocycles. The van der Waals surface area contributed by atoms with Crippen LogP contribution in [0.4, 0.5) is 0 Å². The quantitative estimate of drug-likeness (QED) is 0.471. The van der Waals surface area contributed by atoms with E-state index >= 15 is 0 Å². The summed E-state index contributed by atoms with van der Waals surface area (Å²) in [5, 5.41) is 45.1. The van der Waals surface area contributed by atoms with Gasteiger partial charge in [-0.2, -0.15) is 5.26 Å². The van der Waals surface area contributed by atoms with Gasteiger partial charge in [-0.25, -0.2) is 0 Å². The van der Waals surface area contributed by atoms with E-state index in [9.17, 15) is 25.4 Å². The molecule has 0 bridgehead atoms. The third-order valence-corrected chi connectivity index (χ3v) is 12.4. The summed E-state index contributed by atoms with van der Waals surface area (Å²) < 4.78 is 0. The molecule has 0 aromatic rings. The molecule has 1 unspecified atom stereocenters. The molecule has 5 rings (SSSR count). The molecule has 3 N–H and O–H groups in total. The average molecular weight is 482 g/mol. The number of carbonyl (C=O) groups is 1. The number of nitriles is 1. The minimum absolute atomic E-state index is 0.0369. The summed E-state index contributed by atoms with van der Waals surface area (Å²) in [6.07, 6.45) is 8.61. The lowest BCUT2D eigenvalue weighted by Gasteiger charge is -2.73. The molecule has 35 heavy (non-hydrogen) atoms. The molecule has 0 radical (unpaired) electrons. The van der Waals surface area contributed by atoms with Crippen LogP contribution in [-0.4, -0.2) is 39.4 Å². The highest BCUT2D eigenvalue weighted by molar-refractivity contribution is 6.02. The first-order valence-electron chi connectivity index (χ1n) is 13.6. The summed E-state index contributed by atoms with van der Waals surface area (Å²) >= 11 is 0. The van der Waals surface area contributed by atoms with Crippen molar-refractivity contribution in [3.8, 4) is 6.07 Å². The number of hydrogen-bond acceptors (Lipinski definition) is 5. The van der Waals surface area contributed by atoms with Gasteiger partial charge in [0.1, 0.15) is 17.8 Å². The van der Waals surface area contributed by atoms with Crippen LogP contribution < -0.4 is 0 Å². The minimum Gasteiger partial charge on any atom is -0.396 e. The molecule has 0 heterocycles. The number of allylic oxidation sites excluding steroid dienone is 3. The smallest absolute Gasteiger partial charge is 0.176 e. The van der Waals surface area contributed by atoms with E-state index in [-0.39, 0.29) is 46.5 Å². The number of fused-ring (bicyclic) bond motifs is 7. The van der Waals surface area contributed by atoms with Gasteiger partial charge in [0.2, 0.25) is 0 Å². The topological polar surface area (TPSA) is 102 Å². The van der Waals surface area contributed by atoms with E-state index in [0.29, 0.717) is 0 Å². The zero-order chi connectivity index (χ0) is 25.8. The van der Waals surface area contributed by atoms with Crippen LogP contribution in [0.25, 0.3) is 0 Å². The van der Waals surface area contributed by atoms with E-state index in [1.165, 1.54) is 0 Å². The SMILES string of the molecule is C[C@@H]1C(=O)C(C#N)=C[C@]2(C)C3=C[C@@H](O)[C@]4(O)C5CC(C)(C)CC[C@]5(CO)CC[C@@]4(C)[C@]3(C)CC[C@@H]12. The van der Waals surface area contributed by atoms with E-state index < -0.39 is 27.9 Å². The normalized spacial score (nSPS) is 52.6. The summed E-state index contributed by atoms with van der Waals surface area (Å²) in [5.74, 6) is -0.451. The number of Topliss-reactive ketones (excluding diaryl/α,β-unsaturated/α-hetero) is 1. The van der Waals surface area contributed by atoms with Crippen molar-refractivity contribution >= 4 is 5.78 Å². The molecule has 5 aliphatic carbocycles. The van der Waals surface area contributed by atoms with Crippen molar-refractivity contribution in [1.82, 2.24) is 0 Å². The van der Waals surface area contributed by atoms with Gasteiger partial charge in [-0.05, 0) is 73.0 Å². The summed E-state index contributed by atoms with van der Waals surface area (Å²) in [7, 11) is 0. The Hall–Kier alpha value is -1.48. The van der Waals surface area contributed by atoms with E-state index in [1.807, 2.05) is 19.1 Å². The van der Waals surface area contributed by atoms with Gasteiger partial charge in [0, 0.05) is 23.4 Å². The van der Waals surface area contributed by atoms with Crippen LogP contribution in [-0.2, 0) is 4.79 Å². The number of rotatable bonds is 1. The Morgan fingerprint density at radius 1 is 1.09 bits per heavy atom. The first kappa shape index (κ1) is 25.2. The predicted octanol–water partition coefficient (Wildman–Crippen LogP) is 4.71. The monoisotopic (exact) mass is 481 g/mol. The van der Waals surface area contributed by atoms with Gasteiger partial charge in [-0.15, -0.1) is 0 Å². The number of nitrogens with zero attached hydrogens (tertiary/aromatic N) is 1.